The number of fused-ring (bicyclic) bond motifs is 1. The summed E-state index contributed by atoms with van der Waals surface area (Å²) in [5.41, 5.74) is 6.94. The Balaban J connectivity index is 1.44. The third kappa shape index (κ3) is 4.09. The first-order chi connectivity index (χ1) is 14.8. The van der Waals surface area contributed by atoms with Crippen LogP contribution in [0, 0.1) is 5.92 Å². The van der Waals surface area contributed by atoms with Gasteiger partial charge < -0.3 is 26.2 Å². The number of nitrogen functional groups attached to an aromatic ring is 1. The van der Waals surface area contributed by atoms with Crippen LogP contribution in [0.15, 0.2) is 41.5 Å². The van der Waals surface area contributed by atoms with Crippen molar-refractivity contribution >= 4 is 23.1 Å². The number of carbonyl (C=O) groups excluding carboxylic acids is 1. The van der Waals surface area contributed by atoms with Crippen molar-refractivity contribution in [1.29, 1.82) is 0 Å². The molecule has 0 spiro atoms. The molecule has 0 aliphatic carbocycles. The van der Waals surface area contributed by atoms with Gasteiger partial charge in [0.25, 0.3) is 11.2 Å². The average Bonchev–Trinajstić information content (AvgIpc) is 3.21. The summed E-state index contributed by atoms with van der Waals surface area (Å²) in [7, 11) is 1.70. The van der Waals surface area contributed by atoms with Gasteiger partial charge in [0.1, 0.15) is 6.10 Å². The van der Waals surface area contributed by atoms with E-state index < -0.39 is 12.3 Å². The van der Waals surface area contributed by atoms with Gasteiger partial charge in [0.05, 0.1) is 13.2 Å². The molecule has 31 heavy (non-hydrogen) atoms. The van der Waals surface area contributed by atoms with Gasteiger partial charge in [0, 0.05) is 19.0 Å². The number of imidazole rings is 1. The van der Waals surface area contributed by atoms with Gasteiger partial charge in [-0.25, -0.2) is 9.36 Å². The van der Waals surface area contributed by atoms with Crippen LogP contribution >= 0.6 is 0 Å². The number of ether oxygens (including phenoxy) is 1. The molecular weight excluding hydrogens is 402 g/mol. The molecule has 0 bridgehead atoms. The Morgan fingerprint density at radius 3 is 2.84 bits per heavy atom. The molecule has 1 aliphatic rings. The number of amides is 2. The standard InChI is InChI=1S/C20H25N7O4/c1-11-13(9-23-20(30)22-8-12-6-4-3-5-7-12)15(28)18(31-11)27-10-26(2)14-16(27)24-19(21)25-17(14)29/h3-7,10-11,13,15,18,28H,8-9H2,1-2H3,(H4-,21,22,23,24,25,29,30)/p+1/t11-,13-,15-,18-/m1/s1. The molecule has 1 aromatic carbocycles. The summed E-state index contributed by atoms with van der Waals surface area (Å²) >= 11 is 0. The normalized spacial score (nSPS) is 23.2. The Bertz CT molecular complexity index is 1140. The quantitative estimate of drug-likeness (QED) is 0.347. The predicted molar refractivity (Wildman–Crippen MR) is 112 cm³/mol. The zero-order valence-electron chi connectivity index (χ0n) is 17.3. The number of anilines is 1. The van der Waals surface area contributed by atoms with Crippen molar-refractivity contribution in [1.82, 2.24) is 25.2 Å². The van der Waals surface area contributed by atoms with Crippen molar-refractivity contribution in [3.05, 3.63) is 52.6 Å². The molecule has 4 atom stereocenters. The number of benzene rings is 1. The lowest BCUT2D eigenvalue weighted by atomic mass is 9.99. The van der Waals surface area contributed by atoms with Gasteiger partial charge in [-0.1, -0.05) is 30.3 Å². The number of carbonyl (C=O) groups is 1. The minimum atomic E-state index is -0.928. The first-order valence-electron chi connectivity index (χ1n) is 10.00. The number of aromatic amines is 1. The number of aromatic nitrogens is 4. The SMILES string of the molecule is C[C@H]1O[C@@H](n2c[n+](C)c3c(=O)[nH]c(N)nc32)[C@H](O)[C@@H]1CNC(=O)NCc1ccccc1. The van der Waals surface area contributed by atoms with Gasteiger partial charge >= 0.3 is 11.6 Å². The molecular formula is C20H26N7O4+. The second-order valence-electron chi connectivity index (χ2n) is 7.69. The fourth-order valence-electron chi connectivity index (χ4n) is 3.91. The number of aliphatic hydroxyl groups excluding tert-OH is 1. The van der Waals surface area contributed by atoms with Crippen LogP contribution in [0.25, 0.3) is 11.2 Å². The number of rotatable bonds is 5. The van der Waals surface area contributed by atoms with Crippen molar-refractivity contribution in [2.24, 2.45) is 13.0 Å². The molecule has 0 saturated carbocycles. The maximum absolute atomic E-state index is 12.2. The molecule has 1 fully saturated rings. The van der Waals surface area contributed by atoms with E-state index in [0.29, 0.717) is 17.7 Å². The zero-order chi connectivity index (χ0) is 22.1. The number of urea groups is 1. The molecule has 0 radical (unpaired) electrons. The molecule has 2 aromatic heterocycles. The summed E-state index contributed by atoms with van der Waals surface area (Å²) < 4.78 is 9.17. The lowest BCUT2D eigenvalue weighted by Crippen LogP contribution is -2.42. The third-order valence-corrected chi connectivity index (χ3v) is 5.55. The molecule has 1 saturated heterocycles. The Hall–Kier alpha value is -3.44. The van der Waals surface area contributed by atoms with E-state index >= 15 is 0 Å². The number of nitrogens with one attached hydrogen (secondary N) is 3. The Morgan fingerprint density at radius 1 is 1.35 bits per heavy atom. The van der Waals surface area contributed by atoms with Gasteiger partial charge in [-0.05, 0) is 12.5 Å². The molecule has 3 heterocycles. The summed E-state index contributed by atoms with van der Waals surface area (Å²) in [6.45, 7) is 2.46. The first kappa shape index (κ1) is 20.8. The van der Waals surface area contributed by atoms with Gasteiger partial charge in [-0.15, -0.1) is 0 Å². The van der Waals surface area contributed by atoms with Crippen molar-refractivity contribution in [3.63, 3.8) is 0 Å². The average molecular weight is 428 g/mol. The molecule has 0 unspecified atom stereocenters. The molecule has 1 aliphatic heterocycles. The number of H-pyrrole nitrogens is 1. The van der Waals surface area contributed by atoms with E-state index in [1.807, 2.05) is 37.3 Å². The summed E-state index contributed by atoms with van der Waals surface area (Å²) in [4.78, 5) is 31.1. The van der Waals surface area contributed by atoms with E-state index in [1.165, 1.54) is 0 Å². The van der Waals surface area contributed by atoms with Gasteiger partial charge in [0.15, 0.2) is 0 Å². The number of hydrogen-bond donors (Lipinski definition) is 5. The summed E-state index contributed by atoms with van der Waals surface area (Å²) in [6.07, 6.45) is -0.402. The monoisotopic (exact) mass is 428 g/mol. The topological polar surface area (TPSA) is 151 Å². The number of nitrogens with two attached hydrogens (primary N) is 1. The predicted octanol–water partition coefficient (Wildman–Crippen LogP) is -0.475. The number of aryl methyl sites for hydroxylation is 1. The number of hydrogen-bond acceptors (Lipinski definition) is 6. The van der Waals surface area contributed by atoms with E-state index in [9.17, 15) is 14.7 Å². The van der Waals surface area contributed by atoms with Gasteiger partial charge in [-0.3, -0.25) is 9.78 Å². The fraction of sp³-hybridized carbons (Fsp3) is 0.400. The smallest absolute Gasteiger partial charge is 0.315 e. The molecule has 4 rings (SSSR count). The Morgan fingerprint density at radius 2 is 2.10 bits per heavy atom. The highest BCUT2D eigenvalue weighted by Gasteiger charge is 2.46. The number of aliphatic hydroxyl groups is 1. The maximum atomic E-state index is 12.2. The molecule has 164 valence electrons. The van der Waals surface area contributed by atoms with Crippen molar-refractivity contribution < 1.29 is 19.2 Å². The molecule has 11 nitrogen and oxygen atoms in total. The lowest BCUT2D eigenvalue weighted by Gasteiger charge is -2.18. The van der Waals surface area contributed by atoms with Crippen LogP contribution in [0.4, 0.5) is 10.7 Å². The second kappa shape index (κ2) is 8.36. The third-order valence-electron chi connectivity index (χ3n) is 5.55. The highest BCUT2D eigenvalue weighted by atomic mass is 16.5. The Kier molecular flexibility index (Phi) is 5.61. The van der Waals surface area contributed by atoms with Crippen molar-refractivity contribution in [2.45, 2.75) is 31.9 Å². The van der Waals surface area contributed by atoms with E-state index in [4.69, 9.17) is 10.5 Å². The Labute approximate surface area is 177 Å². The van der Waals surface area contributed by atoms with Gasteiger partial charge in [0.2, 0.25) is 18.5 Å². The second-order valence-corrected chi connectivity index (χ2v) is 7.69. The van der Waals surface area contributed by atoms with Crippen molar-refractivity contribution in [2.75, 3.05) is 12.3 Å². The van der Waals surface area contributed by atoms with E-state index in [-0.39, 0.29) is 36.1 Å². The molecule has 6 N–H and O–H groups in total. The minimum Gasteiger partial charge on any atom is -0.386 e. The fourth-order valence-corrected chi connectivity index (χ4v) is 3.91. The summed E-state index contributed by atoms with van der Waals surface area (Å²) in [5, 5.41) is 16.5. The van der Waals surface area contributed by atoms with Crippen LogP contribution < -0.4 is 26.5 Å². The zero-order valence-corrected chi connectivity index (χ0v) is 17.3. The first-order valence-corrected chi connectivity index (χ1v) is 10.00. The molecule has 3 aromatic rings. The van der Waals surface area contributed by atoms with Crippen LogP contribution in [0.1, 0.15) is 18.7 Å². The van der Waals surface area contributed by atoms with E-state index in [1.54, 1.807) is 22.5 Å². The van der Waals surface area contributed by atoms with Crippen LogP contribution in [-0.2, 0) is 18.3 Å². The summed E-state index contributed by atoms with van der Waals surface area (Å²) in [5.74, 6) is -0.374. The largest absolute Gasteiger partial charge is 0.386 e. The number of nitrogens with zero attached hydrogens (tertiary/aromatic N) is 3. The van der Waals surface area contributed by atoms with Crippen LogP contribution in [-0.4, -0.2) is 44.4 Å². The highest BCUT2D eigenvalue weighted by molar-refractivity contribution is 5.73. The lowest BCUT2D eigenvalue weighted by molar-refractivity contribution is -0.646. The van der Waals surface area contributed by atoms with E-state index in [2.05, 4.69) is 20.6 Å². The van der Waals surface area contributed by atoms with Crippen molar-refractivity contribution in [3.8, 4) is 0 Å². The van der Waals surface area contributed by atoms with Crippen LogP contribution in [0.2, 0.25) is 0 Å². The highest BCUT2D eigenvalue weighted by Crippen LogP contribution is 2.34. The molecule has 11 heteroatoms. The van der Waals surface area contributed by atoms with E-state index in [0.717, 1.165) is 5.56 Å². The van der Waals surface area contributed by atoms with Gasteiger partial charge in [-0.2, -0.15) is 9.55 Å². The molecule has 2 amide bonds. The van der Waals surface area contributed by atoms with Crippen LogP contribution in [0.5, 0.6) is 0 Å². The summed E-state index contributed by atoms with van der Waals surface area (Å²) in [6, 6.07) is 9.25. The van der Waals surface area contributed by atoms with Crippen LogP contribution in [0.3, 0.4) is 0 Å². The minimum absolute atomic E-state index is 0.0220. The maximum Gasteiger partial charge on any atom is 0.315 e.